The van der Waals surface area contributed by atoms with Gasteiger partial charge in [-0.3, -0.25) is 0 Å². The predicted molar refractivity (Wildman–Crippen MR) is 98.0 cm³/mol. The average molecular weight is 329 g/mol. The highest BCUT2D eigenvalue weighted by Crippen LogP contribution is 2.31. The summed E-state index contributed by atoms with van der Waals surface area (Å²) in [6.07, 6.45) is 2.06. The summed E-state index contributed by atoms with van der Waals surface area (Å²) < 4.78 is 10.8. The monoisotopic (exact) mass is 329 g/mol. The summed E-state index contributed by atoms with van der Waals surface area (Å²) in [5.41, 5.74) is 3.84. The van der Waals surface area contributed by atoms with Crippen molar-refractivity contribution < 1.29 is 9.47 Å². The Morgan fingerprint density at radius 1 is 1.04 bits per heavy atom. The highest BCUT2D eigenvalue weighted by atomic mass is 16.5. The number of rotatable bonds is 7. The topological polar surface area (TPSA) is 56.3 Å². The van der Waals surface area contributed by atoms with E-state index in [9.17, 15) is 0 Å². The van der Waals surface area contributed by atoms with Gasteiger partial charge in [-0.2, -0.15) is 0 Å². The number of methoxy groups -OCH3 is 2. The van der Waals surface area contributed by atoms with Crippen LogP contribution in [0.2, 0.25) is 0 Å². The minimum absolute atomic E-state index is 0.362. The van der Waals surface area contributed by atoms with Gasteiger partial charge in [0.05, 0.1) is 25.6 Å². The molecule has 0 fully saturated rings. The molecule has 5 nitrogen and oxygen atoms in total. The molecule has 0 aliphatic carbocycles. The molecule has 24 heavy (non-hydrogen) atoms. The van der Waals surface area contributed by atoms with Gasteiger partial charge in [-0.25, -0.2) is 9.97 Å². The molecular formula is C19H27N3O2. The standard InChI is InChI=1S/C19H27N3O2/c1-7-14(8-2)21-18-19(24-6)22-17(13(4)20-18)16-10-9-15(23-5)11-12(16)3/h9-11,14H,7-8H2,1-6H3,(H,20,21). The van der Waals surface area contributed by atoms with Crippen molar-refractivity contribution in [2.24, 2.45) is 0 Å². The first-order chi connectivity index (χ1) is 11.5. The molecule has 2 rings (SSSR count). The molecule has 1 heterocycles. The molecule has 1 aromatic carbocycles. The van der Waals surface area contributed by atoms with Crippen LogP contribution < -0.4 is 14.8 Å². The first kappa shape index (κ1) is 18.0. The average Bonchev–Trinajstić information content (AvgIpc) is 2.60. The van der Waals surface area contributed by atoms with Crippen molar-refractivity contribution in [3.8, 4) is 22.9 Å². The molecular weight excluding hydrogens is 302 g/mol. The molecule has 1 N–H and O–H groups in total. The molecule has 0 radical (unpaired) electrons. The SMILES string of the molecule is CCC(CC)Nc1nc(C)c(-c2ccc(OC)cc2C)nc1OC. The maximum atomic E-state index is 5.48. The molecule has 0 atom stereocenters. The zero-order valence-corrected chi connectivity index (χ0v) is 15.4. The molecule has 0 saturated heterocycles. The van der Waals surface area contributed by atoms with Gasteiger partial charge in [0.1, 0.15) is 5.75 Å². The zero-order valence-electron chi connectivity index (χ0n) is 15.4. The van der Waals surface area contributed by atoms with Gasteiger partial charge < -0.3 is 14.8 Å². The number of ether oxygens (including phenoxy) is 2. The van der Waals surface area contributed by atoms with Crippen molar-refractivity contribution in [1.82, 2.24) is 9.97 Å². The molecule has 0 aliphatic rings. The number of anilines is 1. The fourth-order valence-corrected chi connectivity index (χ4v) is 2.71. The Morgan fingerprint density at radius 2 is 1.75 bits per heavy atom. The lowest BCUT2D eigenvalue weighted by atomic mass is 10.0. The van der Waals surface area contributed by atoms with E-state index in [-0.39, 0.29) is 0 Å². The lowest BCUT2D eigenvalue weighted by Crippen LogP contribution is -2.19. The Hall–Kier alpha value is -2.30. The third-order valence-electron chi connectivity index (χ3n) is 4.25. The first-order valence-electron chi connectivity index (χ1n) is 8.38. The molecule has 0 aliphatic heterocycles. The molecule has 2 aromatic rings. The molecule has 130 valence electrons. The van der Waals surface area contributed by atoms with E-state index in [1.165, 1.54) is 0 Å². The number of nitrogens with zero attached hydrogens (tertiary/aromatic N) is 2. The molecule has 1 aromatic heterocycles. The number of aromatic nitrogens is 2. The van der Waals surface area contributed by atoms with Crippen molar-refractivity contribution in [1.29, 1.82) is 0 Å². The summed E-state index contributed by atoms with van der Waals surface area (Å²) in [6, 6.07) is 6.31. The lowest BCUT2D eigenvalue weighted by molar-refractivity contribution is 0.397. The minimum atomic E-state index is 0.362. The quantitative estimate of drug-likeness (QED) is 0.817. The lowest BCUT2D eigenvalue weighted by Gasteiger charge is -2.19. The van der Waals surface area contributed by atoms with Crippen LogP contribution in [0.15, 0.2) is 18.2 Å². The minimum Gasteiger partial charge on any atom is -0.497 e. The van der Waals surface area contributed by atoms with Crippen LogP contribution >= 0.6 is 0 Å². The number of hydrogen-bond donors (Lipinski definition) is 1. The Bertz CT molecular complexity index is 697. The normalized spacial score (nSPS) is 10.8. The van der Waals surface area contributed by atoms with Crippen LogP contribution in [-0.4, -0.2) is 30.2 Å². The molecule has 0 bridgehead atoms. The number of hydrogen-bond acceptors (Lipinski definition) is 5. The van der Waals surface area contributed by atoms with Crippen molar-refractivity contribution in [2.75, 3.05) is 19.5 Å². The summed E-state index contributed by atoms with van der Waals surface area (Å²) in [4.78, 5) is 9.42. The summed E-state index contributed by atoms with van der Waals surface area (Å²) in [5.74, 6) is 2.07. The maximum absolute atomic E-state index is 5.48. The smallest absolute Gasteiger partial charge is 0.257 e. The van der Waals surface area contributed by atoms with E-state index in [0.717, 1.165) is 41.1 Å². The van der Waals surface area contributed by atoms with Crippen LogP contribution in [0, 0.1) is 13.8 Å². The van der Waals surface area contributed by atoms with E-state index < -0.39 is 0 Å². The van der Waals surface area contributed by atoms with Crippen LogP contribution in [-0.2, 0) is 0 Å². The van der Waals surface area contributed by atoms with Crippen molar-refractivity contribution in [3.63, 3.8) is 0 Å². The third-order valence-corrected chi connectivity index (χ3v) is 4.25. The van der Waals surface area contributed by atoms with Crippen molar-refractivity contribution in [2.45, 2.75) is 46.6 Å². The van der Waals surface area contributed by atoms with E-state index in [2.05, 4.69) is 19.2 Å². The van der Waals surface area contributed by atoms with Gasteiger partial charge in [0.2, 0.25) is 0 Å². The van der Waals surface area contributed by atoms with Gasteiger partial charge in [0, 0.05) is 11.6 Å². The predicted octanol–water partition coefficient (Wildman–Crippen LogP) is 4.38. The van der Waals surface area contributed by atoms with Gasteiger partial charge in [-0.1, -0.05) is 13.8 Å². The number of aryl methyl sites for hydroxylation is 2. The highest BCUT2D eigenvalue weighted by Gasteiger charge is 2.17. The second kappa shape index (κ2) is 7.99. The fourth-order valence-electron chi connectivity index (χ4n) is 2.71. The van der Waals surface area contributed by atoms with Crippen molar-refractivity contribution >= 4 is 5.82 Å². The molecule has 0 saturated carbocycles. The fraction of sp³-hybridized carbons (Fsp3) is 0.474. The Labute approximate surface area is 144 Å². The maximum Gasteiger partial charge on any atom is 0.257 e. The largest absolute Gasteiger partial charge is 0.497 e. The van der Waals surface area contributed by atoms with Crippen LogP contribution in [0.3, 0.4) is 0 Å². The van der Waals surface area contributed by atoms with E-state index in [1.54, 1.807) is 14.2 Å². The molecule has 0 unspecified atom stereocenters. The van der Waals surface area contributed by atoms with Crippen LogP contribution in [0.25, 0.3) is 11.3 Å². The van der Waals surface area contributed by atoms with Gasteiger partial charge in [0.25, 0.3) is 5.88 Å². The Balaban J connectivity index is 2.46. The summed E-state index contributed by atoms with van der Waals surface area (Å²) in [5, 5.41) is 3.43. The molecule has 5 heteroatoms. The summed E-state index contributed by atoms with van der Waals surface area (Å²) >= 11 is 0. The van der Waals surface area contributed by atoms with E-state index >= 15 is 0 Å². The van der Waals surface area contributed by atoms with Gasteiger partial charge in [-0.15, -0.1) is 0 Å². The van der Waals surface area contributed by atoms with E-state index in [4.69, 9.17) is 19.4 Å². The number of nitrogens with one attached hydrogen (secondary N) is 1. The molecule has 0 spiro atoms. The number of benzene rings is 1. The Kier molecular flexibility index (Phi) is 6.01. The van der Waals surface area contributed by atoms with Gasteiger partial charge >= 0.3 is 0 Å². The first-order valence-corrected chi connectivity index (χ1v) is 8.38. The second-order valence-electron chi connectivity index (χ2n) is 5.85. The zero-order chi connectivity index (χ0) is 17.7. The van der Waals surface area contributed by atoms with Gasteiger partial charge in [-0.05, 0) is 50.5 Å². The summed E-state index contributed by atoms with van der Waals surface area (Å²) in [7, 11) is 3.29. The third kappa shape index (κ3) is 3.78. The van der Waals surface area contributed by atoms with Crippen LogP contribution in [0.1, 0.15) is 37.9 Å². The Morgan fingerprint density at radius 3 is 2.29 bits per heavy atom. The van der Waals surface area contributed by atoms with E-state index in [1.807, 2.05) is 32.0 Å². The molecule has 0 amide bonds. The van der Waals surface area contributed by atoms with E-state index in [0.29, 0.717) is 17.7 Å². The van der Waals surface area contributed by atoms with Crippen LogP contribution in [0.4, 0.5) is 5.82 Å². The second-order valence-corrected chi connectivity index (χ2v) is 5.85. The van der Waals surface area contributed by atoms with Crippen LogP contribution in [0.5, 0.6) is 11.6 Å². The van der Waals surface area contributed by atoms with Crippen molar-refractivity contribution in [3.05, 3.63) is 29.5 Å². The van der Waals surface area contributed by atoms with Gasteiger partial charge in [0.15, 0.2) is 5.82 Å². The summed E-state index contributed by atoms with van der Waals surface area (Å²) in [6.45, 7) is 8.33. The highest BCUT2D eigenvalue weighted by molar-refractivity contribution is 5.68.